The zero-order valence-electron chi connectivity index (χ0n) is 12.2. The second-order valence-electron chi connectivity index (χ2n) is 5.10. The second kappa shape index (κ2) is 8.15. The fraction of sp³-hybridized carbons (Fsp3) is 0.857. The highest BCUT2D eigenvalue weighted by atomic mass is 16.5. The maximum absolute atomic E-state index is 11.7. The van der Waals surface area contributed by atoms with Crippen LogP contribution in [0.3, 0.4) is 0 Å². The van der Waals surface area contributed by atoms with Gasteiger partial charge in [0.2, 0.25) is 0 Å². The third-order valence-electron chi connectivity index (χ3n) is 3.60. The van der Waals surface area contributed by atoms with Crippen molar-refractivity contribution in [1.29, 1.82) is 0 Å². The van der Waals surface area contributed by atoms with Gasteiger partial charge >= 0.3 is 11.9 Å². The van der Waals surface area contributed by atoms with E-state index in [-0.39, 0.29) is 24.4 Å². The number of methoxy groups -OCH3 is 1. The average molecular weight is 271 g/mol. The van der Waals surface area contributed by atoms with Gasteiger partial charge in [0, 0.05) is 12.6 Å². The maximum atomic E-state index is 11.7. The molecule has 5 heteroatoms. The summed E-state index contributed by atoms with van der Waals surface area (Å²) in [5.41, 5.74) is 0. The summed E-state index contributed by atoms with van der Waals surface area (Å²) in [6, 6.07) is 0.385. The highest BCUT2D eigenvalue weighted by Crippen LogP contribution is 2.24. The quantitative estimate of drug-likeness (QED) is 0.658. The molecule has 0 aromatic carbocycles. The van der Waals surface area contributed by atoms with Gasteiger partial charge in [-0.1, -0.05) is 19.8 Å². The smallest absolute Gasteiger partial charge is 0.319 e. The van der Waals surface area contributed by atoms with Gasteiger partial charge in [0.25, 0.3) is 0 Å². The molecule has 1 aliphatic carbocycles. The van der Waals surface area contributed by atoms with Crippen LogP contribution in [0.15, 0.2) is 0 Å². The van der Waals surface area contributed by atoms with E-state index in [1.165, 1.54) is 20.0 Å². The van der Waals surface area contributed by atoms with Crippen LogP contribution in [-0.4, -0.2) is 49.7 Å². The predicted octanol–water partition coefficient (Wildman–Crippen LogP) is 1.60. The Balaban J connectivity index is 2.57. The fourth-order valence-electron chi connectivity index (χ4n) is 2.55. The van der Waals surface area contributed by atoms with E-state index in [9.17, 15) is 9.59 Å². The summed E-state index contributed by atoms with van der Waals surface area (Å²) >= 11 is 0. The van der Waals surface area contributed by atoms with E-state index in [1.54, 1.807) is 6.92 Å². The Hall–Kier alpha value is -1.10. The molecule has 1 unspecified atom stereocenters. The van der Waals surface area contributed by atoms with Crippen molar-refractivity contribution in [3.05, 3.63) is 0 Å². The molecule has 1 atom stereocenters. The standard InChI is InChI=1S/C14H25NO4/c1-4-19-14(17)11(2)9-15(10-13(16)18-3)12-7-5-6-8-12/h11-12H,4-10H2,1-3H3. The van der Waals surface area contributed by atoms with Crippen molar-refractivity contribution in [2.45, 2.75) is 45.6 Å². The van der Waals surface area contributed by atoms with Gasteiger partial charge in [0.1, 0.15) is 0 Å². The summed E-state index contributed by atoms with van der Waals surface area (Å²) in [7, 11) is 1.39. The summed E-state index contributed by atoms with van der Waals surface area (Å²) in [6.07, 6.45) is 4.56. The number of carbonyl (C=O) groups is 2. The molecule has 0 aliphatic heterocycles. The van der Waals surface area contributed by atoms with Gasteiger partial charge in [0.05, 0.1) is 26.2 Å². The third-order valence-corrected chi connectivity index (χ3v) is 3.60. The van der Waals surface area contributed by atoms with Gasteiger partial charge in [-0.25, -0.2) is 0 Å². The van der Waals surface area contributed by atoms with E-state index in [4.69, 9.17) is 9.47 Å². The largest absolute Gasteiger partial charge is 0.468 e. The van der Waals surface area contributed by atoms with E-state index < -0.39 is 0 Å². The zero-order valence-corrected chi connectivity index (χ0v) is 12.2. The SMILES string of the molecule is CCOC(=O)C(C)CN(CC(=O)OC)C1CCCC1. The van der Waals surface area contributed by atoms with Crippen LogP contribution in [0.4, 0.5) is 0 Å². The number of nitrogens with zero attached hydrogens (tertiary/aromatic N) is 1. The van der Waals surface area contributed by atoms with Crippen molar-refractivity contribution in [2.24, 2.45) is 5.92 Å². The molecular formula is C14H25NO4. The summed E-state index contributed by atoms with van der Waals surface area (Å²) in [5.74, 6) is -0.663. The minimum atomic E-state index is -0.247. The first-order valence-corrected chi connectivity index (χ1v) is 7.06. The second-order valence-corrected chi connectivity index (χ2v) is 5.10. The zero-order chi connectivity index (χ0) is 14.3. The lowest BCUT2D eigenvalue weighted by Crippen LogP contribution is -2.42. The van der Waals surface area contributed by atoms with Crippen LogP contribution in [0, 0.1) is 5.92 Å². The van der Waals surface area contributed by atoms with Gasteiger partial charge in [-0.05, 0) is 19.8 Å². The number of carbonyl (C=O) groups excluding carboxylic acids is 2. The highest BCUT2D eigenvalue weighted by Gasteiger charge is 2.28. The Morgan fingerprint density at radius 2 is 1.95 bits per heavy atom. The molecule has 0 aromatic heterocycles. The van der Waals surface area contributed by atoms with Crippen LogP contribution in [0.5, 0.6) is 0 Å². The molecule has 1 aliphatic rings. The van der Waals surface area contributed by atoms with Crippen molar-refractivity contribution in [2.75, 3.05) is 26.8 Å². The van der Waals surface area contributed by atoms with Crippen molar-refractivity contribution >= 4 is 11.9 Å². The molecular weight excluding hydrogens is 246 g/mol. The van der Waals surface area contributed by atoms with Gasteiger partial charge in [0.15, 0.2) is 0 Å². The fourth-order valence-corrected chi connectivity index (χ4v) is 2.55. The van der Waals surface area contributed by atoms with E-state index in [0.717, 1.165) is 12.8 Å². The van der Waals surface area contributed by atoms with Crippen LogP contribution in [0.25, 0.3) is 0 Å². The van der Waals surface area contributed by atoms with Gasteiger partial charge < -0.3 is 9.47 Å². The molecule has 19 heavy (non-hydrogen) atoms. The lowest BCUT2D eigenvalue weighted by molar-refractivity contribution is -0.150. The van der Waals surface area contributed by atoms with Crippen molar-refractivity contribution in [3.63, 3.8) is 0 Å². The molecule has 110 valence electrons. The van der Waals surface area contributed by atoms with E-state index in [1.807, 2.05) is 6.92 Å². The maximum Gasteiger partial charge on any atom is 0.319 e. The Bertz CT molecular complexity index is 300. The topological polar surface area (TPSA) is 55.8 Å². The average Bonchev–Trinajstić information content (AvgIpc) is 2.91. The summed E-state index contributed by atoms with van der Waals surface area (Å²) in [6.45, 7) is 4.85. The lowest BCUT2D eigenvalue weighted by Gasteiger charge is -2.29. The van der Waals surface area contributed by atoms with Gasteiger partial charge in [-0.2, -0.15) is 0 Å². The van der Waals surface area contributed by atoms with Crippen LogP contribution < -0.4 is 0 Å². The number of ether oxygens (including phenoxy) is 2. The molecule has 0 bridgehead atoms. The van der Waals surface area contributed by atoms with Gasteiger partial charge in [-0.15, -0.1) is 0 Å². The summed E-state index contributed by atoms with van der Waals surface area (Å²) in [5, 5.41) is 0. The normalized spacial score (nSPS) is 17.5. The molecule has 1 fully saturated rings. The Kier molecular flexibility index (Phi) is 6.84. The molecule has 0 aromatic rings. The van der Waals surface area contributed by atoms with Gasteiger partial charge in [-0.3, -0.25) is 14.5 Å². The molecule has 0 spiro atoms. The first-order chi connectivity index (χ1) is 9.08. The minimum absolute atomic E-state index is 0.199. The first-order valence-electron chi connectivity index (χ1n) is 7.06. The van der Waals surface area contributed by atoms with Crippen LogP contribution >= 0.6 is 0 Å². The molecule has 0 heterocycles. The van der Waals surface area contributed by atoms with Crippen molar-refractivity contribution < 1.29 is 19.1 Å². The number of hydrogen-bond acceptors (Lipinski definition) is 5. The van der Waals surface area contributed by atoms with E-state index in [0.29, 0.717) is 19.2 Å². The minimum Gasteiger partial charge on any atom is -0.468 e. The molecule has 1 rings (SSSR count). The lowest BCUT2D eigenvalue weighted by atomic mass is 10.1. The Morgan fingerprint density at radius 3 is 2.47 bits per heavy atom. The molecule has 0 saturated heterocycles. The molecule has 0 N–H and O–H groups in total. The Morgan fingerprint density at radius 1 is 1.32 bits per heavy atom. The van der Waals surface area contributed by atoms with Crippen LogP contribution in [0.1, 0.15) is 39.5 Å². The monoisotopic (exact) mass is 271 g/mol. The number of rotatable bonds is 7. The number of hydrogen-bond donors (Lipinski definition) is 0. The third kappa shape index (κ3) is 5.19. The van der Waals surface area contributed by atoms with E-state index >= 15 is 0 Å². The Labute approximate surface area is 115 Å². The molecule has 5 nitrogen and oxygen atoms in total. The highest BCUT2D eigenvalue weighted by molar-refractivity contribution is 5.73. The van der Waals surface area contributed by atoms with Crippen molar-refractivity contribution in [3.8, 4) is 0 Å². The predicted molar refractivity (Wildman–Crippen MR) is 71.6 cm³/mol. The molecule has 0 radical (unpaired) electrons. The van der Waals surface area contributed by atoms with E-state index in [2.05, 4.69) is 4.90 Å². The van der Waals surface area contributed by atoms with Crippen LogP contribution in [0.2, 0.25) is 0 Å². The molecule has 1 saturated carbocycles. The van der Waals surface area contributed by atoms with Crippen LogP contribution in [-0.2, 0) is 19.1 Å². The summed E-state index contributed by atoms with van der Waals surface area (Å²) in [4.78, 5) is 25.2. The first kappa shape index (κ1) is 16.0. The molecule has 0 amide bonds. The number of esters is 2. The summed E-state index contributed by atoms with van der Waals surface area (Å²) < 4.78 is 9.75. The van der Waals surface area contributed by atoms with Crippen molar-refractivity contribution in [1.82, 2.24) is 4.90 Å².